The molecule has 0 aliphatic carbocycles. The fourth-order valence-corrected chi connectivity index (χ4v) is 5.20. The van der Waals surface area contributed by atoms with E-state index in [9.17, 15) is 9.18 Å². The Hall–Kier alpha value is -2.87. The van der Waals surface area contributed by atoms with Gasteiger partial charge in [0.15, 0.2) is 5.82 Å². The molecular formula is C22H22FN5OS. The smallest absolute Gasteiger partial charge is 0.238 e. The lowest BCUT2D eigenvalue weighted by atomic mass is 10.0. The number of likely N-dealkylation sites (tertiary alicyclic amines) is 1. The number of amides is 1. The van der Waals surface area contributed by atoms with Crippen molar-refractivity contribution in [2.24, 2.45) is 0 Å². The van der Waals surface area contributed by atoms with E-state index in [1.165, 1.54) is 23.9 Å². The van der Waals surface area contributed by atoms with Crippen LogP contribution in [-0.2, 0) is 4.79 Å². The van der Waals surface area contributed by atoms with Crippen LogP contribution in [0.15, 0.2) is 59.8 Å². The predicted octanol–water partition coefficient (Wildman–Crippen LogP) is 3.86. The number of thioether (sulfide) groups is 1. The first-order valence-corrected chi connectivity index (χ1v) is 11.1. The SMILES string of the molecule is O=C([C@H]1Sc2nnc(-c3ccccc3)n2N[C@H]1c1ccc(F)cc1)N1CCCCC1. The molecule has 0 bridgehead atoms. The van der Waals surface area contributed by atoms with Crippen molar-refractivity contribution in [2.45, 2.75) is 35.7 Å². The van der Waals surface area contributed by atoms with Gasteiger partial charge in [0.1, 0.15) is 11.1 Å². The van der Waals surface area contributed by atoms with Gasteiger partial charge in [-0.2, -0.15) is 0 Å². The maximum atomic E-state index is 13.5. The van der Waals surface area contributed by atoms with Crippen molar-refractivity contribution in [3.05, 3.63) is 66.0 Å². The van der Waals surface area contributed by atoms with Crippen molar-refractivity contribution >= 4 is 17.7 Å². The fourth-order valence-electron chi connectivity index (χ4n) is 4.03. The summed E-state index contributed by atoms with van der Waals surface area (Å²) in [7, 11) is 0. The first-order valence-electron chi connectivity index (χ1n) is 10.2. The Bertz CT molecular complexity index is 1030. The number of carbonyl (C=O) groups is 1. The van der Waals surface area contributed by atoms with Crippen LogP contribution in [0.2, 0.25) is 0 Å². The molecule has 154 valence electrons. The van der Waals surface area contributed by atoms with E-state index >= 15 is 0 Å². The van der Waals surface area contributed by atoms with Gasteiger partial charge in [0.2, 0.25) is 11.1 Å². The van der Waals surface area contributed by atoms with Crippen molar-refractivity contribution < 1.29 is 9.18 Å². The van der Waals surface area contributed by atoms with Crippen molar-refractivity contribution in [3.8, 4) is 11.4 Å². The number of hydrogen-bond donors (Lipinski definition) is 1. The molecule has 1 saturated heterocycles. The predicted molar refractivity (Wildman–Crippen MR) is 114 cm³/mol. The molecule has 1 amide bonds. The molecule has 2 atom stereocenters. The first kappa shape index (κ1) is 19.1. The third-order valence-corrected chi connectivity index (χ3v) is 6.81. The molecule has 0 unspecified atom stereocenters. The lowest BCUT2D eigenvalue weighted by Gasteiger charge is -2.37. The van der Waals surface area contributed by atoms with E-state index in [1.54, 1.807) is 12.1 Å². The minimum Gasteiger partial charge on any atom is -0.342 e. The Labute approximate surface area is 178 Å². The summed E-state index contributed by atoms with van der Waals surface area (Å²) in [6.45, 7) is 1.57. The van der Waals surface area contributed by atoms with Crippen molar-refractivity contribution in [2.75, 3.05) is 18.5 Å². The molecule has 1 aromatic heterocycles. The zero-order valence-corrected chi connectivity index (χ0v) is 17.2. The van der Waals surface area contributed by atoms with Crippen LogP contribution in [0.3, 0.4) is 0 Å². The lowest BCUT2D eigenvalue weighted by molar-refractivity contribution is -0.131. The van der Waals surface area contributed by atoms with Crippen LogP contribution in [0.4, 0.5) is 4.39 Å². The van der Waals surface area contributed by atoms with Crippen molar-refractivity contribution in [3.63, 3.8) is 0 Å². The molecule has 3 heterocycles. The summed E-state index contributed by atoms with van der Waals surface area (Å²) < 4.78 is 15.4. The van der Waals surface area contributed by atoms with Crippen LogP contribution in [-0.4, -0.2) is 44.0 Å². The number of piperidine rings is 1. The summed E-state index contributed by atoms with van der Waals surface area (Å²) >= 11 is 1.42. The lowest BCUT2D eigenvalue weighted by Crippen LogP contribution is -2.47. The van der Waals surface area contributed by atoms with Crippen LogP contribution in [0.25, 0.3) is 11.4 Å². The number of carbonyl (C=O) groups excluding carboxylic acids is 1. The molecule has 5 rings (SSSR count). The number of rotatable bonds is 3. The van der Waals surface area contributed by atoms with Crippen LogP contribution in [0, 0.1) is 5.82 Å². The number of nitrogens with one attached hydrogen (secondary N) is 1. The Morgan fingerprint density at radius 3 is 2.47 bits per heavy atom. The zero-order chi connectivity index (χ0) is 20.5. The van der Waals surface area contributed by atoms with Crippen molar-refractivity contribution in [1.82, 2.24) is 19.8 Å². The third kappa shape index (κ3) is 3.56. The van der Waals surface area contributed by atoms with Crippen LogP contribution >= 0.6 is 11.8 Å². The topological polar surface area (TPSA) is 63.1 Å². The molecule has 6 nitrogen and oxygen atoms in total. The van der Waals surface area contributed by atoms with E-state index in [-0.39, 0.29) is 17.8 Å². The standard InChI is InChI=1S/C22H22FN5OS/c23-17-11-9-15(10-12-17)18-19(21(29)27-13-5-2-6-14-27)30-22-25-24-20(28(22)26-18)16-7-3-1-4-8-16/h1,3-4,7-12,18-19,26H,2,5-6,13-14H2/t18-,19-/m0/s1. The number of hydrogen-bond acceptors (Lipinski definition) is 5. The van der Waals surface area contributed by atoms with Gasteiger partial charge in [-0.05, 0) is 37.0 Å². The summed E-state index contributed by atoms with van der Waals surface area (Å²) in [5.41, 5.74) is 5.24. The molecular weight excluding hydrogens is 401 g/mol. The van der Waals surface area contributed by atoms with Crippen LogP contribution in [0.5, 0.6) is 0 Å². The Balaban J connectivity index is 1.53. The summed E-state index contributed by atoms with van der Waals surface area (Å²) in [4.78, 5) is 15.4. The second-order valence-corrected chi connectivity index (χ2v) is 8.70. The molecule has 2 aromatic carbocycles. The van der Waals surface area contributed by atoms with Gasteiger partial charge >= 0.3 is 0 Å². The van der Waals surface area contributed by atoms with E-state index < -0.39 is 5.25 Å². The molecule has 0 saturated carbocycles. The highest BCUT2D eigenvalue weighted by molar-refractivity contribution is 8.00. The number of aromatic nitrogens is 3. The summed E-state index contributed by atoms with van der Waals surface area (Å²) in [5, 5.41) is 8.96. The number of benzene rings is 2. The number of halogens is 1. The van der Waals surface area contributed by atoms with Gasteiger partial charge in [-0.1, -0.05) is 54.2 Å². The largest absolute Gasteiger partial charge is 0.342 e. The average Bonchev–Trinajstić information content (AvgIpc) is 3.22. The molecule has 0 radical (unpaired) electrons. The summed E-state index contributed by atoms with van der Waals surface area (Å²) in [5.74, 6) is 0.488. The number of fused-ring (bicyclic) bond motifs is 1. The highest BCUT2D eigenvalue weighted by Crippen LogP contribution is 2.39. The second-order valence-electron chi connectivity index (χ2n) is 7.59. The van der Waals surface area contributed by atoms with E-state index in [0.717, 1.165) is 43.5 Å². The molecule has 1 N–H and O–H groups in total. The maximum absolute atomic E-state index is 13.5. The summed E-state index contributed by atoms with van der Waals surface area (Å²) in [6, 6.07) is 15.8. The minimum absolute atomic E-state index is 0.0945. The van der Waals surface area contributed by atoms with Crippen molar-refractivity contribution in [1.29, 1.82) is 0 Å². The third-order valence-electron chi connectivity index (χ3n) is 5.61. The van der Waals surface area contributed by atoms with Crippen LogP contribution in [0.1, 0.15) is 30.9 Å². The van der Waals surface area contributed by atoms with E-state index in [1.807, 2.05) is 39.9 Å². The Kier molecular flexibility index (Phi) is 5.16. The average molecular weight is 424 g/mol. The highest BCUT2D eigenvalue weighted by atomic mass is 32.2. The first-order chi connectivity index (χ1) is 14.7. The van der Waals surface area contributed by atoms with Gasteiger partial charge in [-0.15, -0.1) is 10.2 Å². The minimum atomic E-state index is -0.395. The quantitative estimate of drug-likeness (QED) is 0.693. The zero-order valence-electron chi connectivity index (χ0n) is 16.4. The molecule has 0 spiro atoms. The Morgan fingerprint density at radius 2 is 1.73 bits per heavy atom. The van der Waals surface area contributed by atoms with E-state index in [0.29, 0.717) is 11.0 Å². The second kappa shape index (κ2) is 8.10. The molecule has 2 aliphatic rings. The van der Waals surface area contributed by atoms with E-state index in [2.05, 4.69) is 15.6 Å². The molecule has 8 heteroatoms. The van der Waals surface area contributed by atoms with Gasteiger partial charge in [0.05, 0.1) is 6.04 Å². The normalized spacial score (nSPS) is 21.0. The monoisotopic (exact) mass is 423 g/mol. The Morgan fingerprint density at radius 1 is 1.00 bits per heavy atom. The number of nitrogens with zero attached hydrogens (tertiary/aromatic N) is 4. The van der Waals surface area contributed by atoms with Gasteiger partial charge in [-0.25, -0.2) is 9.07 Å². The fraction of sp³-hybridized carbons (Fsp3) is 0.318. The van der Waals surface area contributed by atoms with Crippen LogP contribution < -0.4 is 5.43 Å². The molecule has 30 heavy (non-hydrogen) atoms. The van der Waals surface area contributed by atoms with Gasteiger partial charge in [-0.3, -0.25) is 4.79 Å². The van der Waals surface area contributed by atoms with E-state index in [4.69, 9.17) is 0 Å². The molecule has 2 aliphatic heterocycles. The summed E-state index contributed by atoms with van der Waals surface area (Å²) in [6.07, 6.45) is 3.23. The highest BCUT2D eigenvalue weighted by Gasteiger charge is 2.40. The maximum Gasteiger partial charge on any atom is 0.238 e. The van der Waals surface area contributed by atoms with Gasteiger partial charge in [0, 0.05) is 18.7 Å². The van der Waals surface area contributed by atoms with Gasteiger partial charge < -0.3 is 10.3 Å². The molecule has 1 fully saturated rings. The van der Waals surface area contributed by atoms with Gasteiger partial charge in [0.25, 0.3) is 0 Å². The molecule has 3 aromatic rings.